The standard InChI is InChI=1S/C21H20N4O2S/c1-21(2)10-13-17(14(26)11-21)18(15-7-5-9-27-15)24-19(22-13)25-20-23-12-6-3-4-8-16(12)28-20/h3-10,17-18H,11H2,1-2H3,(H2,22,23,24,25)/p+1/t17-,18+/m0/s1. The molecule has 3 N–H and O–H groups in total. The molecule has 1 aromatic carbocycles. The molecule has 142 valence electrons. The first-order valence-electron chi connectivity index (χ1n) is 9.30. The summed E-state index contributed by atoms with van der Waals surface area (Å²) in [5.41, 5.74) is 1.69. The number of para-hydroxylation sites is 1. The number of anilines is 1. The van der Waals surface area contributed by atoms with E-state index in [-0.39, 0.29) is 23.2 Å². The SMILES string of the molecule is CC1(C)C=C2NC(Nc3nc4ccccc4s3)=[NH+][C@H](c3ccco3)[C@@H]2C(=O)C1. The van der Waals surface area contributed by atoms with Crippen molar-refractivity contribution >= 4 is 38.4 Å². The molecule has 28 heavy (non-hydrogen) atoms. The summed E-state index contributed by atoms with van der Waals surface area (Å²) in [6.07, 6.45) is 4.32. The highest BCUT2D eigenvalue weighted by Crippen LogP contribution is 2.38. The Labute approximate surface area is 166 Å². The number of furan rings is 1. The molecule has 0 unspecified atom stereocenters. The number of thiazole rings is 1. The molecule has 0 amide bonds. The van der Waals surface area contributed by atoms with Crippen LogP contribution >= 0.6 is 11.3 Å². The molecule has 0 bridgehead atoms. The molecule has 2 aliphatic rings. The summed E-state index contributed by atoms with van der Waals surface area (Å²) in [7, 11) is 0. The van der Waals surface area contributed by atoms with Crippen molar-refractivity contribution in [1.82, 2.24) is 10.3 Å². The number of Topliss-reactive ketones (excluding diaryl/α,β-unsaturated/α-hetero) is 1. The number of guanidine groups is 1. The maximum atomic E-state index is 12.9. The van der Waals surface area contributed by atoms with E-state index in [1.807, 2.05) is 30.3 Å². The minimum Gasteiger partial charge on any atom is -0.466 e. The van der Waals surface area contributed by atoms with Crippen molar-refractivity contribution in [1.29, 1.82) is 0 Å². The van der Waals surface area contributed by atoms with E-state index in [1.54, 1.807) is 17.6 Å². The van der Waals surface area contributed by atoms with Crippen molar-refractivity contribution in [3.8, 4) is 0 Å². The van der Waals surface area contributed by atoms with Gasteiger partial charge in [-0.1, -0.05) is 37.3 Å². The lowest BCUT2D eigenvalue weighted by molar-refractivity contribution is -0.525. The molecule has 6 nitrogen and oxygen atoms in total. The second-order valence-electron chi connectivity index (χ2n) is 7.96. The summed E-state index contributed by atoms with van der Waals surface area (Å²) in [5.74, 6) is 1.37. The molecule has 1 aliphatic carbocycles. The Hall–Kier alpha value is -2.93. The van der Waals surface area contributed by atoms with E-state index in [4.69, 9.17) is 4.42 Å². The summed E-state index contributed by atoms with van der Waals surface area (Å²) < 4.78 is 6.77. The highest BCUT2D eigenvalue weighted by Gasteiger charge is 2.46. The van der Waals surface area contributed by atoms with Crippen molar-refractivity contribution in [2.75, 3.05) is 5.32 Å². The van der Waals surface area contributed by atoms with Crippen molar-refractivity contribution in [3.05, 3.63) is 60.2 Å². The number of nitrogens with zero attached hydrogens (tertiary/aromatic N) is 1. The van der Waals surface area contributed by atoms with Crippen LogP contribution in [0.25, 0.3) is 10.2 Å². The quantitative estimate of drug-likeness (QED) is 0.624. The zero-order chi connectivity index (χ0) is 19.3. The number of carbonyl (C=O) groups excluding carboxylic acids is 1. The van der Waals surface area contributed by atoms with Crippen LogP contribution < -0.4 is 15.6 Å². The minimum atomic E-state index is -0.292. The molecule has 0 saturated carbocycles. The van der Waals surface area contributed by atoms with Gasteiger partial charge in [0.2, 0.25) is 0 Å². The van der Waals surface area contributed by atoms with Gasteiger partial charge in [0.1, 0.15) is 23.5 Å². The van der Waals surface area contributed by atoms with Gasteiger partial charge in [0, 0.05) is 6.42 Å². The Balaban J connectivity index is 1.54. The van der Waals surface area contributed by atoms with Crippen LogP contribution in [0.1, 0.15) is 32.1 Å². The van der Waals surface area contributed by atoms with Gasteiger partial charge in [0.15, 0.2) is 0 Å². The first-order valence-corrected chi connectivity index (χ1v) is 10.1. The van der Waals surface area contributed by atoms with Crippen LogP contribution in [0.4, 0.5) is 5.13 Å². The molecule has 0 fully saturated rings. The minimum absolute atomic E-state index is 0.179. The molecular weight excluding hydrogens is 372 g/mol. The van der Waals surface area contributed by atoms with Gasteiger partial charge in [-0.05, 0) is 35.8 Å². The average molecular weight is 393 g/mol. The number of rotatable bonds is 2. The number of hydrogen-bond acceptors (Lipinski definition) is 6. The molecule has 0 saturated heterocycles. The highest BCUT2D eigenvalue weighted by atomic mass is 32.1. The zero-order valence-electron chi connectivity index (χ0n) is 15.7. The van der Waals surface area contributed by atoms with Crippen molar-refractivity contribution in [3.63, 3.8) is 0 Å². The first-order chi connectivity index (χ1) is 13.5. The topological polar surface area (TPSA) is 81.1 Å². The van der Waals surface area contributed by atoms with E-state index >= 15 is 0 Å². The number of benzene rings is 1. The summed E-state index contributed by atoms with van der Waals surface area (Å²) in [5, 5.41) is 7.52. The number of ketones is 1. The lowest BCUT2D eigenvalue weighted by Gasteiger charge is -2.35. The third kappa shape index (κ3) is 3.01. The van der Waals surface area contributed by atoms with Gasteiger partial charge < -0.3 is 4.42 Å². The maximum Gasteiger partial charge on any atom is 0.355 e. The van der Waals surface area contributed by atoms with Crippen LogP contribution in [0.3, 0.4) is 0 Å². The van der Waals surface area contributed by atoms with E-state index in [1.165, 1.54) is 0 Å². The largest absolute Gasteiger partial charge is 0.466 e. The van der Waals surface area contributed by atoms with E-state index < -0.39 is 0 Å². The first kappa shape index (κ1) is 17.2. The molecule has 2 atom stereocenters. The summed E-state index contributed by atoms with van der Waals surface area (Å²) in [6.45, 7) is 4.17. The molecule has 3 heterocycles. The van der Waals surface area contributed by atoms with Gasteiger partial charge in [0.25, 0.3) is 5.13 Å². The third-order valence-electron chi connectivity index (χ3n) is 5.14. The van der Waals surface area contributed by atoms with Crippen LogP contribution in [0.5, 0.6) is 0 Å². The van der Waals surface area contributed by atoms with Gasteiger partial charge in [-0.15, -0.1) is 0 Å². The van der Waals surface area contributed by atoms with E-state index in [0.717, 1.165) is 26.8 Å². The van der Waals surface area contributed by atoms with Crippen molar-refractivity contribution in [2.24, 2.45) is 11.3 Å². The number of hydrogen-bond donors (Lipinski definition) is 3. The predicted molar refractivity (Wildman–Crippen MR) is 109 cm³/mol. The molecule has 0 spiro atoms. The molecule has 1 aliphatic heterocycles. The van der Waals surface area contributed by atoms with Gasteiger partial charge in [-0.25, -0.2) is 15.6 Å². The molecule has 7 heteroatoms. The van der Waals surface area contributed by atoms with Gasteiger partial charge in [0.05, 0.1) is 22.2 Å². The number of carbonyl (C=O) groups is 1. The number of fused-ring (bicyclic) bond motifs is 2. The fourth-order valence-electron chi connectivity index (χ4n) is 4.00. The Bertz CT molecular complexity index is 1080. The second kappa shape index (κ2) is 6.31. The fraction of sp³-hybridized carbons (Fsp3) is 0.286. The van der Waals surface area contributed by atoms with Crippen molar-refractivity contribution < 1.29 is 14.2 Å². The molecule has 5 rings (SSSR count). The van der Waals surface area contributed by atoms with E-state index in [9.17, 15) is 4.79 Å². The van der Waals surface area contributed by atoms with E-state index in [0.29, 0.717) is 12.4 Å². The molecular formula is C21H21N4O2S+. The molecule has 3 aromatic rings. The Morgan fingerprint density at radius 2 is 2.14 bits per heavy atom. The number of allylic oxidation sites excluding steroid dienone is 1. The van der Waals surface area contributed by atoms with Crippen LogP contribution in [-0.4, -0.2) is 16.7 Å². The van der Waals surface area contributed by atoms with Crippen LogP contribution in [0, 0.1) is 11.3 Å². The number of aromatic nitrogens is 1. The summed E-state index contributed by atoms with van der Waals surface area (Å²) in [4.78, 5) is 21.0. The lowest BCUT2D eigenvalue weighted by Crippen LogP contribution is -2.84. The zero-order valence-corrected chi connectivity index (χ0v) is 16.5. The predicted octanol–water partition coefficient (Wildman–Crippen LogP) is 2.58. The van der Waals surface area contributed by atoms with Gasteiger partial charge >= 0.3 is 5.96 Å². The second-order valence-corrected chi connectivity index (χ2v) is 8.99. The molecule has 2 aromatic heterocycles. The van der Waals surface area contributed by atoms with Gasteiger partial charge in [-0.2, -0.15) is 0 Å². The molecule has 0 radical (unpaired) electrons. The summed E-state index contributed by atoms with van der Waals surface area (Å²) in [6, 6.07) is 11.5. The third-order valence-corrected chi connectivity index (χ3v) is 6.09. The van der Waals surface area contributed by atoms with Crippen LogP contribution in [0.2, 0.25) is 0 Å². The summed E-state index contributed by atoms with van der Waals surface area (Å²) >= 11 is 1.59. The fourth-order valence-corrected chi connectivity index (χ4v) is 4.87. The average Bonchev–Trinajstić information content (AvgIpc) is 3.29. The lowest BCUT2D eigenvalue weighted by atomic mass is 9.73. The smallest absolute Gasteiger partial charge is 0.355 e. The Kier molecular flexibility index (Phi) is 3.87. The van der Waals surface area contributed by atoms with Gasteiger partial charge in [-0.3, -0.25) is 9.79 Å². The van der Waals surface area contributed by atoms with Crippen molar-refractivity contribution in [2.45, 2.75) is 26.3 Å². The number of nitrogens with one attached hydrogen (secondary N) is 3. The van der Waals surface area contributed by atoms with E-state index in [2.05, 4.69) is 46.6 Å². The monoisotopic (exact) mass is 393 g/mol. The highest BCUT2D eigenvalue weighted by molar-refractivity contribution is 7.22. The maximum absolute atomic E-state index is 12.9. The van der Waals surface area contributed by atoms with Crippen LogP contribution in [-0.2, 0) is 4.79 Å². The normalized spacial score (nSPS) is 23.6. The Morgan fingerprint density at radius 1 is 1.29 bits per heavy atom. The Morgan fingerprint density at radius 3 is 2.93 bits per heavy atom. The van der Waals surface area contributed by atoms with Crippen LogP contribution in [0.15, 0.2) is 58.9 Å².